The fourth-order valence-electron chi connectivity index (χ4n) is 0.318. The lowest BCUT2D eigenvalue weighted by Gasteiger charge is -1.96. The number of methoxy groups -OCH3 is 1. The van der Waals surface area contributed by atoms with Gasteiger partial charge in [-0.2, -0.15) is 0 Å². The lowest BCUT2D eigenvalue weighted by Crippen LogP contribution is -2.08. The van der Waals surface area contributed by atoms with Crippen molar-refractivity contribution in [1.82, 2.24) is 0 Å². The molecule has 0 N–H and O–H groups in total. The van der Waals surface area contributed by atoms with E-state index in [1.54, 1.807) is 0 Å². The van der Waals surface area contributed by atoms with Crippen LogP contribution in [-0.4, -0.2) is 19.2 Å². The Morgan fingerprint density at radius 2 is 2.25 bits per heavy atom. The molecule has 8 heavy (non-hydrogen) atoms. The van der Waals surface area contributed by atoms with Gasteiger partial charge in [0.2, 0.25) is 0 Å². The third kappa shape index (κ3) is 3.61. The zero-order chi connectivity index (χ0) is 6.57. The molecule has 0 aliphatic carbocycles. The minimum absolute atomic E-state index is 0.0312. The minimum atomic E-state index is -0.845. The van der Waals surface area contributed by atoms with Gasteiger partial charge in [0.05, 0.1) is 13.5 Å². The molecular formula is C5H9O3. The van der Waals surface area contributed by atoms with Crippen LogP contribution < -0.4 is 0 Å². The lowest BCUT2D eigenvalue weighted by atomic mass is 10.3. The molecule has 0 bridgehead atoms. The van der Waals surface area contributed by atoms with Crippen LogP contribution in [0.15, 0.2) is 0 Å². The van der Waals surface area contributed by atoms with Crippen LogP contribution in [0, 0.1) is 0 Å². The number of hydrogen-bond donors (Lipinski definition) is 0. The van der Waals surface area contributed by atoms with Crippen molar-refractivity contribution in [3.05, 3.63) is 0 Å². The summed E-state index contributed by atoms with van der Waals surface area (Å²) in [6.45, 7) is 1.43. The summed E-state index contributed by atoms with van der Waals surface area (Å²) in [4.78, 5) is 10.2. The number of carbonyl (C=O) groups excluding carboxylic acids is 1. The van der Waals surface area contributed by atoms with E-state index in [4.69, 9.17) is 0 Å². The summed E-state index contributed by atoms with van der Waals surface area (Å²) < 4.78 is 4.22. The Balaban J connectivity index is 3.25. The van der Waals surface area contributed by atoms with E-state index in [9.17, 15) is 9.90 Å². The van der Waals surface area contributed by atoms with E-state index in [2.05, 4.69) is 4.74 Å². The molecule has 0 aromatic rings. The van der Waals surface area contributed by atoms with Crippen LogP contribution in [0.5, 0.6) is 0 Å². The topological polar surface area (TPSA) is 46.2 Å². The first-order valence-electron chi connectivity index (χ1n) is 2.39. The van der Waals surface area contributed by atoms with E-state index in [0.717, 1.165) is 0 Å². The monoisotopic (exact) mass is 117 g/mol. The zero-order valence-corrected chi connectivity index (χ0v) is 5.01. The van der Waals surface area contributed by atoms with Crippen LogP contribution in [0.4, 0.5) is 0 Å². The molecule has 0 rings (SSSR count). The van der Waals surface area contributed by atoms with E-state index < -0.39 is 12.1 Å². The molecule has 47 valence electrons. The molecule has 3 heteroatoms. The van der Waals surface area contributed by atoms with Gasteiger partial charge in [0.25, 0.3) is 0 Å². The van der Waals surface area contributed by atoms with Crippen molar-refractivity contribution < 1.29 is 14.6 Å². The van der Waals surface area contributed by atoms with Gasteiger partial charge >= 0.3 is 5.97 Å². The summed E-state index contributed by atoms with van der Waals surface area (Å²) in [5.74, 6) is -0.437. The molecule has 1 unspecified atom stereocenters. The van der Waals surface area contributed by atoms with Gasteiger partial charge in [-0.05, 0) is 6.92 Å². The SMILES string of the molecule is COC(=O)CC(C)[O]. The van der Waals surface area contributed by atoms with Crippen LogP contribution in [0.2, 0.25) is 0 Å². The predicted octanol–water partition coefficient (Wildman–Crippen LogP) is 0.368. The second kappa shape index (κ2) is 3.43. The summed E-state index contributed by atoms with van der Waals surface area (Å²) >= 11 is 0. The molecule has 0 saturated carbocycles. The third-order valence-electron chi connectivity index (χ3n) is 0.682. The minimum Gasteiger partial charge on any atom is -0.469 e. The van der Waals surface area contributed by atoms with E-state index in [0.29, 0.717) is 0 Å². The molecule has 3 nitrogen and oxygen atoms in total. The molecule has 0 aliphatic heterocycles. The molecule has 0 aromatic heterocycles. The van der Waals surface area contributed by atoms with Gasteiger partial charge in [-0.1, -0.05) is 0 Å². The second-order valence-corrected chi connectivity index (χ2v) is 1.59. The Labute approximate surface area is 48.3 Å². The lowest BCUT2D eigenvalue weighted by molar-refractivity contribution is -0.143. The van der Waals surface area contributed by atoms with Gasteiger partial charge in [-0.15, -0.1) is 0 Å². The highest BCUT2D eigenvalue weighted by Gasteiger charge is 2.04. The maximum Gasteiger partial charge on any atom is 0.308 e. The van der Waals surface area contributed by atoms with Gasteiger partial charge in [0.1, 0.15) is 6.10 Å². The Morgan fingerprint density at radius 1 is 1.75 bits per heavy atom. The largest absolute Gasteiger partial charge is 0.469 e. The highest BCUT2D eigenvalue weighted by atomic mass is 16.5. The van der Waals surface area contributed by atoms with Gasteiger partial charge in [0, 0.05) is 0 Å². The molecule has 0 amide bonds. The van der Waals surface area contributed by atoms with Crippen molar-refractivity contribution in [1.29, 1.82) is 0 Å². The van der Waals surface area contributed by atoms with E-state index in [1.807, 2.05) is 0 Å². The van der Waals surface area contributed by atoms with Crippen LogP contribution in [0.3, 0.4) is 0 Å². The first kappa shape index (κ1) is 7.43. The number of carbonyl (C=O) groups is 1. The van der Waals surface area contributed by atoms with Crippen molar-refractivity contribution in [2.45, 2.75) is 19.4 Å². The molecule has 1 radical (unpaired) electrons. The smallest absolute Gasteiger partial charge is 0.308 e. The van der Waals surface area contributed by atoms with Crippen molar-refractivity contribution in [2.24, 2.45) is 0 Å². The maximum absolute atomic E-state index is 10.2. The van der Waals surface area contributed by atoms with Crippen molar-refractivity contribution >= 4 is 5.97 Å². The molecule has 0 heterocycles. The van der Waals surface area contributed by atoms with Gasteiger partial charge in [0.15, 0.2) is 0 Å². The van der Waals surface area contributed by atoms with E-state index in [1.165, 1.54) is 14.0 Å². The Hall–Kier alpha value is -0.570. The maximum atomic E-state index is 10.2. The molecular weight excluding hydrogens is 108 g/mol. The molecule has 0 aromatic carbocycles. The Kier molecular flexibility index (Phi) is 3.19. The number of hydrogen-bond acceptors (Lipinski definition) is 2. The number of rotatable bonds is 2. The van der Waals surface area contributed by atoms with Gasteiger partial charge < -0.3 is 4.74 Å². The molecule has 1 atom stereocenters. The van der Waals surface area contributed by atoms with Gasteiger partial charge in [-0.25, -0.2) is 5.11 Å². The first-order chi connectivity index (χ1) is 3.66. The predicted molar refractivity (Wildman–Crippen MR) is 26.8 cm³/mol. The first-order valence-corrected chi connectivity index (χ1v) is 2.39. The number of esters is 1. The van der Waals surface area contributed by atoms with Crippen LogP contribution in [-0.2, 0) is 14.6 Å². The molecule has 0 spiro atoms. The average molecular weight is 117 g/mol. The Bertz CT molecular complexity index is 77.7. The zero-order valence-electron chi connectivity index (χ0n) is 5.01. The summed E-state index contributed by atoms with van der Waals surface area (Å²) in [5.41, 5.74) is 0. The average Bonchev–Trinajstić information content (AvgIpc) is 1.65. The fraction of sp³-hybridized carbons (Fsp3) is 0.800. The fourth-order valence-corrected chi connectivity index (χ4v) is 0.318. The highest BCUT2D eigenvalue weighted by molar-refractivity contribution is 5.69. The van der Waals surface area contributed by atoms with Gasteiger partial charge in [-0.3, -0.25) is 4.79 Å². The van der Waals surface area contributed by atoms with E-state index >= 15 is 0 Å². The Morgan fingerprint density at radius 3 is 2.38 bits per heavy atom. The van der Waals surface area contributed by atoms with Crippen LogP contribution in [0.1, 0.15) is 13.3 Å². The summed E-state index contributed by atoms with van der Waals surface area (Å²) in [5, 5.41) is 10.2. The molecule has 0 fully saturated rings. The standard InChI is InChI=1S/C5H9O3/c1-4(6)3-5(7)8-2/h4H,3H2,1-2H3. The van der Waals surface area contributed by atoms with Crippen molar-refractivity contribution in [2.75, 3.05) is 7.11 Å². The van der Waals surface area contributed by atoms with Crippen LogP contribution in [0.25, 0.3) is 0 Å². The van der Waals surface area contributed by atoms with E-state index in [-0.39, 0.29) is 6.42 Å². The van der Waals surface area contributed by atoms with Crippen molar-refractivity contribution in [3.8, 4) is 0 Å². The quantitative estimate of drug-likeness (QED) is 0.490. The molecule has 0 aliphatic rings. The highest BCUT2D eigenvalue weighted by Crippen LogP contribution is 1.90. The third-order valence-corrected chi connectivity index (χ3v) is 0.682. The summed E-state index contributed by atoms with van der Waals surface area (Å²) in [6, 6.07) is 0. The normalized spacial score (nSPS) is 12.9. The number of ether oxygens (including phenoxy) is 1. The summed E-state index contributed by atoms with van der Waals surface area (Å²) in [7, 11) is 1.27. The van der Waals surface area contributed by atoms with Crippen molar-refractivity contribution in [3.63, 3.8) is 0 Å². The molecule has 0 saturated heterocycles. The second-order valence-electron chi connectivity index (χ2n) is 1.59. The summed E-state index contributed by atoms with van der Waals surface area (Å²) in [6.07, 6.45) is -0.876. The van der Waals surface area contributed by atoms with Crippen LogP contribution >= 0.6 is 0 Å².